The van der Waals surface area contributed by atoms with E-state index in [1.807, 2.05) is 30.3 Å². The second-order valence-electron chi connectivity index (χ2n) is 4.62. The summed E-state index contributed by atoms with van der Waals surface area (Å²) in [4.78, 5) is 0. The van der Waals surface area contributed by atoms with E-state index in [0.29, 0.717) is 13.0 Å². The van der Waals surface area contributed by atoms with Gasteiger partial charge in [-0.25, -0.2) is 4.39 Å². The Kier molecular flexibility index (Phi) is 4.69. The second kappa shape index (κ2) is 6.27. The van der Waals surface area contributed by atoms with E-state index < -0.39 is 12.3 Å². The van der Waals surface area contributed by atoms with E-state index in [1.54, 1.807) is 7.11 Å². The third kappa shape index (κ3) is 3.28. The standard InChI is InChI=1S/C14H19FO3/c1-16-13-7-8-14(10-15,18-13)11-17-9-12-5-3-2-4-6-12/h2-6,13H,7-11H2,1H3. The molecule has 0 saturated carbocycles. The van der Waals surface area contributed by atoms with Crippen LogP contribution in [0.3, 0.4) is 0 Å². The maximum Gasteiger partial charge on any atom is 0.158 e. The maximum absolute atomic E-state index is 13.1. The zero-order valence-corrected chi connectivity index (χ0v) is 10.6. The summed E-state index contributed by atoms with van der Waals surface area (Å²) in [6.07, 6.45) is 1.05. The quantitative estimate of drug-likeness (QED) is 0.781. The number of methoxy groups -OCH3 is 1. The summed E-state index contributed by atoms with van der Waals surface area (Å²) in [5, 5.41) is 0. The first-order chi connectivity index (χ1) is 8.78. The smallest absolute Gasteiger partial charge is 0.158 e. The Bertz CT molecular complexity index is 357. The molecule has 1 aliphatic rings. The monoisotopic (exact) mass is 254 g/mol. The van der Waals surface area contributed by atoms with Crippen LogP contribution < -0.4 is 0 Å². The molecule has 0 bridgehead atoms. The molecule has 0 spiro atoms. The predicted octanol–water partition coefficient (Wildman–Crippen LogP) is 2.69. The summed E-state index contributed by atoms with van der Waals surface area (Å²) < 4.78 is 29.3. The fraction of sp³-hybridized carbons (Fsp3) is 0.571. The summed E-state index contributed by atoms with van der Waals surface area (Å²) in [7, 11) is 1.57. The summed E-state index contributed by atoms with van der Waals surface area (Å²) in [6.45, 7) is 0.198. The van der Waals surface area contributed by atoms with Crippen LogP contribution in [0.1, 0.15) is 18.4 Å². The fourth-order valence-corrected chi connectivity index (χ4v) is 2.12. The fourth-order valence-electron chi connectivity index (χ4n) is 2.12. The van der Waals surface area contributed by atoms with Gasteiger partial charge in [-0.3, -0.25) is 0 Å². The van der Waals surface area contributed by atoms with Gasteiger partial charge in [0.25, 0.3) is 0 Å². The van der Waals surface area contributed by atoms with Crippen LogP contribution >= 0.6 is 0 Å². The van der Waals surface area contributed by atoms with E-state index in [-0.39, 0.29) is 12.9 Å². The average Bonchev–Trinajstić information content (AvgIpc) is 2.84. The van der Waals surface area contributed by atoms with Crippen molar-refractivity contribution in [2.45, 2.75) is 31.3 Å². The lowest BCUT2D eigenvalue weighted by molar-refractivity contribution is -0.179. The first kappa shape index (κ1) is 13.5. The third-order valence-electron chi connectivity index (χ3n) is 3.20. The zero-order valence-electron chi connectivity index (χ0n) is 10.6. The molecule has 18 heavy (non-hydrogen) atoms. The molecule has 2 atom stereocenters. The van der Waals surface area contributed by atoms with Gasteiger partial charge < -0.3 is 14.2 Å². The number of alkyl halides is 1. The van der Waals surface area contributed by atoms with Gasteiger partial charge >= 0.3 is 0 Å². The van der Waals surface area contributed by atoms with Crippen LogP contribution in [0.15, 0.2) is 30.3 Å². The summed E-state index contributed by atoms with van der Waals surface area (Å²) >= 11 is 0. The molecule has 100 valence electrons. The Balaban J connectivity index is 1.81. The van der Waals surface area contributed by atoms with E-state index in [2.05, 4.69) is 0 Å². The van der Waals surface area contributed by atoms with E-state index >= 15 is 0 Å². The van der Waals surface area contributed by atoms with Crippen molar-refractivity contribution >= 4 is 0 Å². The predicted molar refractivity (Wildman–Crippen MR) is 65.9 cm³/mol. The van der Waals surface area contributed by atoms with Crippen molar-refractivity contribution < 1.29 is 18.6 Å². The SMILES string of the molecule is COC1CCC(CF)(COCc2ccccc2)O1. The minimum atomic E-state index is -0.824. The van der Waals surface area contributed by atoms with Crippen LogP contribution in [-0.4, -0.2) is 32.3 Å². The Morgan fingerprint density at radius 2 is 2.17 bits per heavy atom. The molecule has 0 aliphatic carbocycles. The molecule has 4 heteroatoms. The van der Waals surface area contributed by atoms with Crippen molar-refractivity contribution in [2.75, 3.05) is 20.4 Å². The van der Waals surface area contributed by atoms with Crippen LogP contribution in [0.5, 0.6) is 0 Å². The van der Waals surface area contributed by atoms with Crippen LogP contribution in [0.2, 0.25) is 0 Å². The van der Waals surface area contributed by atoms with E-state index in [9.17, 15) is 4.39 Å². The Labute approximate surface area is 107 Å². The maximum atomic E-state index is 13.1. The lowest BCUT2D eigenvalue weighted by atomic mass is 10.0. The molecule has 1 saturated heterocycles. The van der Waals surface area contributed by atoms with Gasteiger partial charge in [0.1, 0.15) is 12.3 Å². The molecule has 0 radical (unpaired) electrons. The van der Waals surface area contributed by atoms with Crippen molar-refractivity contribution in [2.24, 2.45) is 0 Å². The van der Waals surface area contributed by atoms with Crippen LogP contribution in [0.25, 0.3) is 0 Å². The highest BCUT2D eigenvalue weighted by Crippen LogP contribution is 2.31. The highest BCUT2D eigenvalue weighted by atomic mass is 19.1. The summed E-state index contributed by atoms with van der Waals surface area (Å²) in [5.74, 6) is 0. The molecule has 1 aromatic carbocycles. The molecule has 2 unspecified atom stereocenters. The number of ether oxygens (including phenoxy) is 3. The molecular weight excluding hydrogens is 235 g/mol. The molecular formula is C14H19FO3. The molecule has 1 aromatic rings. The van der Waals surface area contributed by atoms with Crippen LogP contribution in [0.4, 0.5) is 4.39 Å². The number of rotatable bonds is 6. The number of hydrogen-bond donors (Lipinski definition) is 0. The van der Waals surface area contributed by atoms with Gasteiger partial charge in [0.2, 0.25) is 0 Å². The third-order valence-corrected chi connectivity index (χ3v) is 3.20. The highest BCUT2D eigenvalue weighted by Gasteiger charge is 2.41. The van der Waals surface area contributed by atoms with Gasteiger partial charge in [-0.2, -0.15) is 0 Å². The molecule has 1 fully saturated rings. The first-order valence-electron chi connectivity index (χ1n) is 6.16. The molecule has 0 aromatic heterocycles. The topological polar surface area (TPSA) is 27.7 Å². The summed E-state index contributed by atoms with van der Waals surface area (Å²) in [6, 6.07) is 9.83. The lowest BCUT2D eigenvalue weighted by Crippen LogP contribution is -2.37. The van der Waals surface area contributed by atoms with Crippen molar-refractivity contribution in [1.29, 1.82) is 0 Å². The lowest BCUT2D eigenvalue weighted by Gasteiger charge is -2.25. The molecule has 0 amide bonds. The number of halogens is 1. The Morgan fingerprint density at radius 1 is 1.39 bits per heavy atom. The zero-order chi connectivity index (χ0) is 12.8. The molecule has 3 nitrogen and oxygen atoms in total. The van der Waals surface area contributed by atoms with Gasteiger partial charge in [0.05, 0.1) is 13.2 Å². The van der Waals surface area contributed by atoms with Crippen LogP contribution in [0, 0.1) is 0 Å². The van der Waals surface area contributed by atoms with Gasteiger partial charge in [0.15, 0.2) is 6.29 Å². The highest BCUT2D eigenvalue weighted by molar-refractivity contribution is 5.13. The van der Waals surface area contributed by atoms with Gasteiger partial charge in [0, 0.05) is 13.5 Å². The van der Waals surface area contributed by atoms with E-state index in [1.165, 1.54) is 0 Å². The van der Waals surface area contributed by atoms with Crippen molar-refractivity contribution in [3.63, 3.8) is 0 Å². The van der Waals surface area contributed by atoms with Gasteiger partial charge in [-0.1, -0.05) is 30.3 Å². The Hall–Kier alpha value is -0.970. The van der Waals surface area contributed by atoms with Gasteiger partial charge in [-0.05, 0) is 12.0 Å². The van der Waals surface area contributed by atoms with Crippen LogP contribution in [-0.2, 0) is 20.8 Å². The van der Waals surface area contributed by atoms with Crippen molar-refractivity contribution in [3.8, 4) is 0 Å². The summed E-state index contributed by atoms with van der Waals surface area (Å²) in [5.41, 5.74) is 0.253. The molecule has 0 N–H and O–H groups in total. The minimum absolute atomic E-state index is 0.262. The minimum Gasteiger partial charge on any atom is -0.374 e. The molecule has 1 aliphatic heterocycles. The van der Waals surface area contributed by atoms with Crippen molar-refractivity contribution in [1.82, 2.24) is 0 Å². The second-order valence-corrected chi connectivity index (χ2v) is 4.62. The van der Waals surface area contributed by atoms with E-state index in [4.69, 9.17) is 14.2 Å². The average molecular weight is 254 g/mol. The molecule has 1 heterocycles. The first-order valence-corrected chi connectivity index (χ1v) is 6.16. The largest absolute Gasteiger partial charge is 0.374 e. The molecule has 2 rings (SSSR count). The van der Waals surface area contributed by atoms with E-state index in [0.717, 1.165) is 12.0 Å². The van der Waals surface area contributed by atoms with Gasteiger partial charge in [-0.15, -0.1) is 0 Å². The van der Waals surface area contributed by atoms with Crippen molar-refractivity contribution in [3.05, 3.63) is 35.9 Å². The number of hydrogen-bond acceptors (Lipinski definition) is 3. The normalized spacial score (nSPS) is 27.6. The number of benzene rings is 1. The Morgan fingerprint density at radius 3 is 2.78 bits per heavy atom.